The average Bonchev–Trinajstić information content (AvgIpc) is 2.81. The van der Waals surface area contributed by atoms with Crippen LogP contribution in [0.1, 0.15) is 17.7 Å². The molecule has 1 aromatic heterocycles. The van der Waals surface area contributed by atoms with Gasteiger partial charge in [0.1, 0.15) is 6.04 Å². The number of hydrogen-bond donors (Lipinski definition) is 3. The molecule has 8 heteroatoms. The first-order valence-electron chi connectivity index (χ1n) is 6.02. The molecule has 2 amide bonds. The minimum absolute atomic E-state index is 0.334. The molecule has 0 radical (unpaired) electrons. The second kappa shape index (κ2) is 8.93. The molecule has 1 aromatic rings. The summed E-state index contributed by atoms with van der Waals surface area (Å²) < 4.78 is 5.82. The van der Waals surface area contributed by atoms with Crippen molar-refractivity contribution in [1.29, 1.82) is 0 Å². The summed E-state index contributed by atoms with van der Waals surface area (Å²) in [5.74, 6) is -1.05. The second-order valence-electron chi connectivity index (χ2n) is 4.08. The van der Waals surface area contributed by atoms with E-state index < -0.39 is 18.0 Å². The van der Waals surface area contributed by atoms with Gasteiger partial charge < -0.3 is 20.5 Å². The van der Waals surface area contributed by atoms with Gasteiger partial charge in [0.15, 0.2) is 0 Å². The molecule has 1 heterocycles. The highest BCUT2D eigenvalue weighted by molar-refractivity contribution is 9.10. The van der Waals surface area contributed by atoms with Crippen LogP contribution in [0.2, 0.25) is 0 Å². The van der Waals surface area contributed by atoms with Crippen molar-refractivity contribution in [2.45, 2.75) is 25.4 Å². The number of carbonyl (C=O) groups is 2. The van der Waals surface area contributed by atoms with Gasteiger partial charge >= 0.3 is 12.0 Å². The number of urea groups is 1. The van der Waals surface area contributed by atoms with Gasteiger partial charge in [0.05, 0.1) is 6.54 Å². The Balaban J connectivity index is 2.35. The van der Waals surface area contributed by atoms with Crippen molar-refractivity contribution < 1.29 is 19.4 Å². The lowest BCUT2D eigenvalue weighted by molar-refractivity contribution is -0.139. The number of ether oxygens (including phenoxy) is 1. The largest absolute Gasteiger partial charge is 0.480 e. The number of hydrogen-bond acceptors (Lipinski definition) is 4. The van der Waals surface area contributed by atoms with E-state index in [0.29, 0.717) is 26.0 Å². The Labute approximate surface area is 129 Å². The van der Waals surface area contributed by atoms with E-state index in [1.807, 2.05) is 11.4 Å². The van der Waals surface area contributed by atoms with Crippen LogP contribution in [0.15, 0.2) is 15.9 Å². The summed E-state index contributed by atoms with van der Waals surface area (Å²) >= 11 is 4.84. The second-order valence-corrected chi connectivity index (χ2v) is 6.00. The van der Waals surface area contributed by atoms with Crippen molar-refractivity contribution in [1.82, 2.24) is 10.6 Å². The Hall–Kier alpha value is -1.12. The van der Waals surface area contributed by atoms with E-state index >= 15 is 0 Å². The van der Waals surface area contributed by atoms with Crippen molar-refractivity contribution in [3.8, 4) is 0 Å². The fourth-order valence-electron chi connectivity index (χ4n) is 1.51. The maximum Gasteiger partial charge on any atom is 0.326 e. The molecule has 1 atom stereocenters. The standard InChI is InChI=1S/C12H17BrN2O4S/c1-19-4-2-3-10(11(16)17)15-12(18)14-6-9-5-8(13)7-20-9/h5,7,10H,2-4,6H2,1H3,(H,16,17)(H2,14,15,18). The Morgan fingerprint density at radius 2 is 2.30 bits per heavy atom. The zero-order valence-electron chi connectivity index (χ0n) is 11.0. The van der Waals surface area contributed by atoms with Crippen LogP contribution in [0.5, 0.6) is 0 Å². The fourth-order valence-corrected chi connectivity index (χ4v) is 2.90. The highest BCUT2D eigenvalue weighted by Crippen LogP contribution is 2.19. The van der Waals surface area contributed by atoms with Crippen LogP contribution in [0.3, 0.4) is 0 Å². The normalized spacial score (nSPS) is 11.9. The molecule has 0 aliphatic carbocycles. The van der Waals surface area contributed by atoms with E-state index in [2.05, 4.69) is 26.6 Å². The van der Waals surface area contributed by atoms with E-state index in [0.717, 1.165) is 9.35 Å². The molecule has 0 saturated carbocycles. The molecule has 1 rings (SSSR count). The molecule has 0 aliphatic rings. The Morgan fingerprint density at radius 3 is 2.85 bits per heavy atom. The first-order valence-corrected chi connectivity index (χ1v) is 7.69. The van der Waals surface area contributed by atoms with E-state index in [-0.39, 0.29) is 0 Å². The minimum atomic E-state index is -1.05. The number of thiophene rings is 1. The first-order chi connectivity index (χ1) is 9.52. The summed E-state index contributed by atoms with van der Waals surface area (Å²) in [5.41, 5.74) is 0. The van der Waals surface area contributed by atoms with E-state index in [1.54, 1.807) is 7.11 Å². The van der Waals surface area contributed by atoms with Crippen LogP contribution in [0.25, 0.3) is 0 Å². The fraction of sp³-hybridized carbons (Fsp3) is 0.500. The van der Waals surface area contributed by atoms with Gasteiger partial charge in [-0.3, -0.25) is 0 Å². The molecule has 6 nitrogen and oxygen atoms in total. The summed E-state index contributed by atoms with van der Waals surface area (Å²) in [6.07, 6.45) is 0.909. The number of carbonyl (C=O) groups excluding carboxylic acids is 1. The third-order valence-electron chi connectivity index (χ3n) is 2.49. The third-order valence-corrected chi connectivity index (χ3v) is 4.19. The predicted octanol–water partition coefficient (Wildman–Crippen LogP) is 2.19. The number of halogens is 1. The van der Waals surface area contributed by atoms with Gasteiger partial charge in [-0.2, -0.15) is 0 Å². The smallest absolute Gasteiger partial charge is 0.326 e. The number of aliphatic carboxylic acids is 1. The first kappa shape index (κ1) is 16.9. The number of rotatable bonds is 8. The molecule has 0 fully saturated rings. The Morgan fingerprint density at radius 1 is 1.55 bits per heavy atom. The van der Waals surface area contributed by atoms with Gasteiger partial charge in [-0.25, -0.2) is 9.59 Å². The zero-order chi connectivity index (χ0) is 15.0. The number of carboxylic acid groups (broad SMARTS) is 1. The molecule has 0 spiro atoms. The highest BCUT2D eigenvalue weighted by Gasteiger charge is 2.19. The molecule has 0 aromatic carbocycles. The number of amides is 2. The molecule has 0 saturated heterocycles. The molecule has 1 unspecified atom stereocenters. The minimum Gasteiger partial charge on any atom is -0.480 e. The maximum absolute atomic E-state index is 11.6. The third kappa shape index (κ3) is 6.36. The van der Waals surface area contributed by atoms with Crippen molar-refractivity contribution in [2.24, 2.45) is 0 Å². The summed E-state index contributed by atoms with van der Waals surface area (Å²) in [7, 11) is 1.55. The van der Waals surface area contributed by atoms with Gasteiger partial charge in [-0.05, 0) is 34.8 Å². The number of carboxylic acids is 1. The number of methoxy groups -OCH3 is 1. The summed E-state index contributed by atoms with van der Waals surface area (Å²) in [6.45, 7) is 0.836. The van der Waals surface area contributed by atoms with Crippen LogP contribution in [-0.4, -0.2) is 36.9 Å². The summed E-state index contributed by atoms with van der Waals surface area (Å²) in [4.78, 5) is 23.7. The highest BCUT2D eigenvalue weighted by atomic mass is 79.9. The predicted molar refractivity (Wildman–Crippen MR) is 79.9 cm³/mol. The molecule has 3 N–H and O–H groups in total. The lowest BCUT2D eigenvalue weighted by Crippen LogP contribution is -2.45. The quantitative estimate of drug-likeness (QED) is 0.617. The van der Waals surface area contributed by atoms with E-state index in [1.165, 1.54) is 11.3 Å². The summed E-state index contributed by atoms with van der Waals surface area (Å²) in [5, 5.41) is 16.0. The molecule has 0 aliphatic heterocycles. The summed E-state index contributed by atoms with van der Waals surface area (Å²) in [6, 6.07) is 0.512. The zero-order valence-corrected chi connectivity index (χ0v) is 13.4. The molecule has 20 heavy (non-hydrogen) atoms. The van der Waals surface area contributed by atoms with E-state index in [4.69, 9.17) is 9.84 Å². The maximum atomic E-state index is 11.6. The lowest BCUT2D eigenvalue weighted by atomic mass is 10.1. The average molecular weight is 365 g/mol. The van der Waals surface area contributed by atoms with Crippen molar-refractivity contribution >= 4 is 39.3 Å². The molecule has 112 valence electrons. The monoisotopic (exact) mass is 364 g/mol. The number of nitrogens with one attached hydrogen (secondary N) is 2. The van der Waals surface area contributed by atoms with E-state index in [9.17, 15) is 9.59 Å². The molecular weight excluding hydrogens is 348 g/mol. The van der Waals surface area contributed by atoms with Crippen LogP contribution >= 0.6 is 27.3 Å². The topological polar surface area (TPSA) is 87.7 Å². The lowest BCUT2D eigenvalue weighted by Gasteiger charge is -2.14. The van der Waals surface area contributed by atoms with Gasteiger partial charge in [0.25, 0.3) is 0 Å². The van der Waals surface area contributed by atoms with Crippen LogP contribution in [0.4, 0.5) is 4.79 Å². The van der Waals surface area contributed by atoms with Crippen molar-refractivity contribution in [2.75, 3.05) is 13.7 Å². The SMILES string of the molecule is COCCCC(NC(=O)NCc1cc(Br)cs1)C(=O)O. The van der Waals surface area contributed by atoms with Gasteiger partial charge in [0, 0.05) is 28.4 Å². The molecule has 0 bridgehead atoms. The van der Waals surface area contributed by atoms with Crippen LogP contribution in [-0.2, 0) is 16.1 Å². The van der Waals surface area contributed by atoms with Crippen molar-refractivity contribution in [3.05, 3.63) is 20.8 Å². The van der Waals surface area contributed by atoms with Gasteiger partial charge in [-0.15, -0.1) is 11.3 Å². The van der Waals surface area contributed by atoms with Gasteiger partial charge in [0.2, 0.25) is 0 Å². The van der Waals surface area contributed by atoms with Crippen LogP contribution < -0.4 is 10.6 Å². The van der Waals surface area contributed by atoms with Crippen LogP contribution in [0, 0.1) is 0 Å². The Kier molecular flexibility index (Phi) is 7.56. The Bertz CT molecular complexity index is 452. The molecular formula is C12H17BrN2O4S. The van der Waals surface area contributed by atoms with Crippen molar-refractivity contribution in [3.63, 3.8) is 0 Å². The van der Waals surface area contributed by atoms with Gasteiger partial charge in [-0.1, -0.05) is 0 Å².